The number of aliphatic hydroxyl groups is 1. The summed E-state index contributed by atoms with van der Waals surface area (Å²) in [5.41, 5.74) is 0. The normalized spacial score (nSPS) is 14.1. The smallest absolute Gasteiger partial charge is 0.394 e. The van der Waals surface area contributed by atoms with Gasteiger partial charge in [-0.2, -0.15) is 78.9 Å². The molecule has 0 spiro atoms. The van der Waals surface area contributed by atoms with Crippen molar-refractivity contribution < 1.29 is 145 Å². The predicted octanol–water partition coefficient (Wildman–Crippen LogP) is 4.80. The Bertz CT molecular complexity index is 1460. The van der Waals surface area contributed by atoms with E-state index in [-0.39, 0.29) is 66.1 Å². The first kappa shape index (κ1) is 68.2. The molecule has 0 aliphatic carbocycles. The first-order valence-corrected chi connectivity index (χ1v) is 22.2. The van der Waals surface area contributed by atoms with Gasteiger partial charge in [0.25, 0.3) is 10.0 Å². The summed E-state index contributed by atoms with van der Waals surface area (Å²) in [4.78, 5) is 0. The molecule has 0 aromatic carbocycles. The average Bonchev–Trinajstić information content (AvgIpc) is 3.27. The minimum Gasteiger partial charge on any atom is -0.394 e. The number of nitrogens with zero attached hydrogens (tertiary/aromatic N) is 1. The molecule has 34 heteroatoms. The fourth-order valence-corrected chi connectivity index (χ4v) is 6.11. The van der Waals surface area contributed by atoms with Crippen LogP contribution in [-0.2, 0) is 66.9 Å². The lowest BCUT2D eigenvalue weighted by Crippen LogP contribution is -2.75. The van der Waals surface area contributed by atoms with E-state index < -0.39 is 87.6 Å². The molecule has 0 aromatic heterocycles. The van der Waals surface area contributed by atoms with Gasteiger partial charge in [-0.1, -0.05) is 6.92 Å². The van der Waals surface area contributed by atoms with Crippen LogP contribution < -0.4 is 0 Å². The molecule has 0 heterocycles. The highest BCUT2D eigenvalue weighted by Gasteiger charge is 2.96. The highest BCUT2D eigenvalue weighted by molar-refractivity contribution is 7.90. The molecule has 0 unspecified atom stereocenters. The Hall–Kier alpha value is -1.80. The second kappa shape index (κ2) is 33.2. The van der Waals surface area contributed by atoms with Crippen LogP contribution in [0.25, 0.3) is 0 Å². The zero-order valence-corrected chi connectivity index (χ0v) is 38.4. The van der Waals surface area contributed by atoms with Crippen LogP contribution in [0.5, 0.6) is 0 Å². The van der Waals surface area contributed by atoms with Crippen molar-refractivity contribution in [1.29, 1.82) is 0 Å². The molecule has 0 aliphatic rings. The maximum absolute atomic E-state index is 14.5. The zero-order valence-electron chi connectivity index (χ0n) is 37.5. The summed E-state index contributed by atoms with van der Waals surface area (Å²) in [6.45, 7) is 2.08. The van der Waals surface area contributed by atoms with E-state index >= 15 is 0 Å². The summed E-state index contributed by atoms with van der Waals surface area (Å²) in [5.74, 6) is -52.0. The molecule has 0 aliphatic heterocycles. The van der Waals surface area contributed by atoms with Crippen LogP contribution in [0.15, 0.2) is 0 Å². The monoisotopic (exact) mass is 1100 g/mol. The molecule has 0 bridgehead atoms. The maximum atomic E-state index is 14.5. The van der Waals surface area contributed by atoms with Crippen molar-refractivity contribution in [3.8, 4) is 0 Å². The Kier molecular flexibility index (Phi) is 32.3. The van der Waals surface area contributed by atoms with E-state index in [1.807, 2.05) is 0 Å². The summed E-state index contributed by atoms with van der Waals surface area (Å²) in [5, 5.41) is 0.936. The molecular formula is C36H58F17NO15S. The van der Waals surface area contributed by atoms with Crippen molar-refractivity contribution >= 4 is 10.0 Å². The van der Waals surface area contributed by atoms with Gasteiger partial charge < -0.3 is 61.9 Å². The van der Waals surface area contributed by atoms with Crippen LogP contribution in [0.4, 0.5) is 74.6 Å². The van der Waals surface area contributed by atoms with E-state index in [4.69, 9.17) is 61.9 Å². The van der Waals surface area contributed by atoms with Crippen LogP contribution >= 0.6 is 0 Å². The summed E-state index contributed by atoms with van der Waals surface area (Å²) < 4.78 is 318. The largest absolute Gasteiger partial charge is 0.460 e. The molecule has 0 amide bonds. The third kappa shape index (κ3) is 20.5. The summed E-state index contributed by atoms with van der Waals surface area (Å²) >= 11 is 0. The van der Waals surface area contributed by atoms with Crippen LogP contribution in [0.1, 0.15) is 6.92 Å². The minimum absolute atomic E-state index is 0.00750. The van der Waals surface area contributed by atoms with Crippen LogP contribution in [0.3, 0.4) is 0 Å². The Morgan fingerprint density at radius 1 is 0.329 bits per heavy atom. The Morgan fingerprint density at radius 2 is 0.529 bits per heavy atom. The van der Waals surface area contributed by atoms with Crippen molar-refractivity contribution in [2.45, 2.75) is 53.9 Å². The molecule has 0 fully saturated rings. The average molecular weight is 1100 g/mol. The Labute approximate surface area is 391 Å². The molecule has 422 valence electrons. The van der Waals surface area contributed by atoms with Gasteiger partial charge in [0.1, 0.15) is 0 Å². The molecule has 1 N–H and O–H groups in total. The molecule has 0 saturated carbocycles. The number of likely N-dealkylation sites (N-methyl/N-ethyl adjacent to an activating group) is 1. The number of rotatable bonds is 47. The zero-order chi connectivity index (χ0) is 53.7. The lowest BCUT2D eigenvalue weighted by atomic mass is 9.91. The lowest BCUT2D eigenvalue weighted by molar-refractivity contribution is -0.458. The summed E-state index contributed by atoms with van der Waals surface area (Å²) in [6.07, 6.45) is -7.91. The number of hydrogen-bond donors (Lipinski definition) is 1. The minimum atomic E-state index is -8.91. The highest BCUT2D eigenvalue weighted by Crippen LogP contribution is 2.64. The molecule has 0 atom stereocenters. The maximum Gasteiger partial charge on any atom is 0.460 e. The summed E-state index contributed by atoms with van der Waals surface area (Å²) in [6, 6.07) is 0. The number of aliphatic hydroxyl groups excluding tert-OH is 1. The van der Waals surface area contributed by atoms with Gasteiger partial charge in [-0.25, -0.2) is 8.42 Å². The van der Waals surface area contributed by atoms with Gasteiger partial charge in [-0.15, -0.1) is 0 Å². The fourth-order valence-electron chi connectivity index (χ4n) is 4.67. The van der Waals surface area contributed by atoms with Gasteiger partial charge in [0.15, 0.2) is 0 Å². The number of alkyl halides is 17. The standard InChI is InChI=1S/C36H58F17NO15S/c1-2-54(70(56,57)36(52,53)34(47,48)32(43,44)30(39,40)29(37,38)31(41,42)33(45,46)35(49,50)51)3-5-58-7-9-60-11-13-62-15-17-64-19-21-66-23-25-68-27-28-69-26-24-67-22-20-65-18-16-63-14-12-61-10-8-59-6-4-55/h55H,2-28H2,1H3. The second-order valence-corrected chi connectivity index (χ2v) is 15.5. The van der Waals surface area contributed by atoms with E-state index in [1.54, 1.807) is 0 Å². The van der Waals surface area contributed by atoms with E-state index in [9.17, 15) is 83.1 Å². The molecule has 16 nitrogen and oxygen atoms in total. The van der Waals surface area contributed by atoms with E-state index in [2.05, 4.69) is 0 Å². The molecule has 0 radical (unpaired) electrons. The van der Waals surface area contributed by atoms with Gasteiger partial charge in [0.2, 0.25) is 0 Å². The van der Waals surface area contributed by atoms with Gasteiger partial charge in [-0.05, 0) is 0 Å². The van der Waals surface area contributed by atoms with Gasteiger partial charge in [0.05, 0.1) is 165 Å². The lowest BCUT2D eigenvalue weighted by Gasteiger charge is -2.43. The third-order valence-electron chi connectivity index (χ3n) is 8.52. The number of hydrogen-bond acceptors (Lipinski definition) is 15. The van der Waals surface area contributed by atoms with Crippen molar-refractivity contribution in [2.24, 2.45) is 0 Å². The van der Waals surface area contributed by atoms with E-state index in [1.165, 1.54) is 0 Å². The first-order chi connectivity index (χ1) is 32.5. The SMILES string of the molecule is CCN(CCOCCOCCOCCOCCOCCOCCOCCOCCOCCOCCOCCOCCO)S(=O)(=O)C(F)(F)C(F)(F)C(F)(F)C(F)(F)C(F)(F)C(F)(F)C(F)(F)C(F)(F)F. The van der Waals surface area contributed by atoms with Crippen molar-refractivity contribution in [1.82, 2.24) is 4.31 Å². The highest BCUT2D eigenvalue weighted by atomic mass is 32.2. The quantitative estimate of drug-likeness (QED) is 0.0652. The van der Waals surface area contributed by atoms with Crippen LogP contribution in [0.2, 0.25) is 0 Å². The van der Waals surface area contributed by atoms with Crippen LogP contribution in [-0.4, -0.2) is 243 Å². The molecule has 0 saturated heterocycles. The van der Waals surface area contributed by atoms with Gasteiger partial charge in [-0.3, -0.25) is 0 Å². The number of halogens is 17. The van der Waals surface area contributed by atoms with Crippen molar-refractivity contribution in [3.05, 3.63) is 0 Å². The van der Waals surface area contributed by atoms with Crippen molar-refractivity contribution in [3.63, 3.8) is 0 Å². The Morgan fingerprint density at radius 3 is 0.743 bits per heavy atom. The molecular weight excluding hydrogens is 1040 g/mol. The van der Waals surface area contributed by atoms with Crippen LogP contribution in [0, 0.1) is 0 Å². The predicted molar refractivity (Wildman–Crippen MR) is 204 cm³/mol. The molecule has 0 rings (SSSR count). The Balaban J connectivity index is 4.14. The van der Waals surface area contributed by atoms with Gasteiger partial charge >= 0.3 is 47.0 Å². The van der Waals surface area contributed by atoms with E-state index in [0.717, 1.165) is 0 Å². The third-order valence-corrected chi connectivity index (χ3v) is 10.5. The van der Waals surface area contributed by atoms with Gasteiger partial charge in [0, 0.05) is 13.1 Å². The van der Waals surface area contributed by atoms with E-state index in [0.29, 0.717) is 92.8 Å². The fraction of sp³-hybridized carbons (Fsp3) is 1.00. The molecule has 0 aromatic rings. The summed E-state index contributed by atoms with van der Waals surface area (Å²) in [7, 11) is -7.41. The topological polar surface area (TPSA) is 168 Å². The number of ether oxygens (including phenoxy) is 12. The second-order valence-electron chi connectivity index (χ2n) is 13.5. The number of sulfonamides is 1. The molecule has 70 heavy (non-hydrogen) atoms. The van der Waals surface area contributed by atoms with Crippen molar-refractivity contribution in [2.75, 3.05) is 178 Å². The first-order valence-electron chi connectivity index (χ1n) is 20.8.